The van der Waals surface area contributed by atoms with Crippen molar-refractivity contribution in [2.75, 3.05) is 12.3 Å². The summed E-state index contributed by atoms with van der Waals surface area (Å²) in [5.74, 6) is 0.880. The van der Waals surface area contributed by atoms with E-state index >= 15 is 0 Å². The lowest BCUT2D eigenvalue weighted by atomic mass is 10.2. The number of ether oxygens (including phenoxy) is 1. The van der Waals surface area contributed by atoms with Gasteiger partial charge in [-0.2, -0.15) is 0 Å². The quantitative estimate of drug-likeness (QED) is 0.625. The Bertz CT molecular complexity index is 487. The van der Waals surface area contributed by atoms with Crippen LogP contribution in [0.4, 0.5) is 5.69 Å². The minimum Gasteiger partial charge on any atom is -0.494 e. The minimum absolute atomic E-state index is 0.0908. The molecule has 1 aromatic carbocycles. The minimum atomic E-state index is -0.162. The predicted octanol–water partition coefficient (Wildman–Crippen LogP) is 3.21. The number of anilines is 1. The molecule has 21 heavy (non-hydrogen) atoms. The highest BCUT2D eigenvalue weighted by atomic mass is 32.2. The lowest BCUT2D eigenvalue weighted by molar-refractivity contribution is -0.120. The van der Waals surface area contributed by atoms with E-state index in [-0.39, 0.29) is 11.2 Å². The first kappa shape index (κ1) is 16.0. The Hall–Kier alpha value is -1.36. The zero-order chi connectivity index (χ0) is 15.2. The summed E-state index contributed by atoms with van der Waals surface area (Å²) in [6.07, 6.45) is 4.64. The first-order chi connectivity index (χ1) is 10.1. The third-order valence-electron chi connectivity index (χ3n) is 3.67. The van der Waals surface area contributed by atoms with Crippen LogP contribution in [-0.2, 0) is 4.79 Å². The van der Waals surface area contributed by atoms with Crippen molar-refractivity contribution >= 4 is 23.4 Å². The second-order valence-corrected chi connectivity index (χ2v) is 6.77. The maximum Gasteiger partial charge on any atom is 0.233 e. The van der Waals surface area contributed by atoms with Gasteiger partial charge in [0.15, 0.2) is 0 Å². The van der Waals surface area contributed by atoms with Gasteiger partial charge in [0, 0.05) is 16.6 Å². The zero-order valence-corrected chi connectivity index (χ0v) is 13.5. The molecule has 1 atom stereocenters. The molecule has 1 amide bonds. The molecular formula is C16H24N2O2S. The van der Waals surface area contributed by atoms with Crippen LogP contribution in [0.15, 0.2) is 23.1 Å². The molecule has 1 aliphatic carbocycles. The zero-order valence-electron chi connectivity index (χ0n) is 12.7. The fraction of sp³-hybridized carbons (Fsp3) is 0.562. The summed E-state index contributed by atoms with van der Waals surface area (Å²) in [6.45, 7) is 4.48. The monoisotopic (exact) mass is 308 g/mol. The van der Waals surface area contributed by atoms with Crippen molar-refractivity contribution < 1.29 is 9.53 Å². The Morgan fingerprint density at radius 2 is 2.19 bits per heavy atom. The molecule has 1 saturated carbocycles. The van der Waals surface area contributed by atoms with E-state index in [1.165, 1.54) is 24.6 Å². The van der Waals surface area contributed by atoms with Crippen LogP contribution < -0.4 is 15.8 Å². The maximum atomic E-state index is 12.2. The fourth-order valence-corrected chi connectivity index (χ4v) is 3.45. The van der Waals surface area contributed by atoms with Gasteiger partial charge in [-0.15, -0.1) is 11.8 Å². The number of carbonyl (C=O) groups is 1. The van der Waals surface area contributed by atoms with Crippen molar-refractivity contribution in [3.63, 3.8) is 0 Å². The van der Waals surface area contributed by atoms with Crippen LogP contribution in [0, 0.1) is 0 Å². The summed E-state index contributed by atoms with van der Waals surface area (Å²) >= 11 is 1.48. The fourth-order valence-electron chi connectivity index (χ4n) is 2.51. The number of rotatable bonds is 6. The molecule has 4 nitrogen and oxygen atoms in total. The van der Waals surface area contributed by atoms with E-state index in [0.29, 0.717) is 18.3 Å². The van der Waals surface area contributed by atoms with Crippen LogP contribution in [0.3, 0.4) is 0 Å². The summed E-state index contributed by atoms with van der Waals surface area (Å²) in [5.41, 5.74) is 6.67. The lowest BCUT2D eigenvalue weighted by Gasteiger charge is -2.17. The second-order valence-electron chi connectivity index (χ2n) is 5.38. The molecule has 2 rings (SSSR count). The summed E-state index contributed by atoms with van der Waals surface area (Å²) < 4.78 is 5.48. The Kier molecular flexibility index (Phi) is 5.79. The smallest absolute Gasteiger partial charge is 0.233 e. The van der Waals surface area contributed by atoms with E-state index in [4.69, 9.17) is 10.5 Å². The van der Waals surface area contributed by atoms with Gasteiger partial charge < -0.3 is 15.8 Å². The number of hydrogen-bond donors (Lipinski definition) is 2. The molecule has 0 spiro atoms. The molecule has 1 fully saturated rings. The van der Waals surface area contributed by atoms with Gasteiger partial charge in [0.05, 0.1) is 11.9 Å². The summed E-state index contributed by atoms with van der Waals surface area (Å²) in [6, 6.07) is 5.94. The number of benzene rings is 1. The molecule has 0 heterocycles. The molecule has 116 valence electrons. The van der Waals surface area contributed by atoms with Gasteiger partial charge in [0.1, 0.15) is 5.75 Å². The maximum absolute atomic E-state index is 12.2. The van der Waals surface area contributed by atoms with E-state index in [9.17, 15) is 4.79 Å². The van der Waals surface area contributed by atoms with Crippen molar-refractivity contribution in [1.29, 1.82) is 0 Å². The topological polar surface area (TPSA) is 64.3 Å². The number of nitrogens with one attached hydrogen (secondary N) is 1. The van der Waals surface area contributed by atoms with Gasteiger partial charge in [-0.05, 0) is 44.9 Å². The molecule has 1 aromatic rings. The van der Waals surface area contributed by atoms with Crippen molar-refractivity contribution in [2.45, 2.75) is 55.7 Å². The summed E-state index contributed by atoms with van der Waals surface area (Å²) in [4.78, 5) is 13.1. The van der Waals surface area contributed by atoms with Crippen molar-refractivity contribution in [3.05, 3.63) is 18.2 Å². The molecular weight excluding hydrogens is 284 g/mol. The van der Waals surface area contributed by atoms with Gasteiger partial charge in [0.25, 0.3) is 0 Å². The average molecular weight is 308 g/mol. The average Bonchev–Trinajstić information content (AvgIpc) is 2.95. The van der Waals surface area contributed by atoms with Crippen LogP contribution in [0.1, 0.15) is 39.5 Å². The van der Waals surface area contributed by atoms with Gasteiger partial charge >= 0.3 is 0 Å². The molecule has 5 heteroatoms. The highest BCUT2D eigenvalue weighted by molar-refractivity contribution is 8.00. The molecule has 1 aliphatic rings. The van der Waals surface area contributed by atoms with Crippen molar-refractivity contribution in [1.82, 2.24) is 5.32 Å². The number of hydrogen-bond acceptors (Lipinski definition) is 4. The molecule has 3 N–H and O–H groups in total. The highest BCUT2D eigenvalue weighted by Gasteiger charge is 2.21. The Morgan fingerprint density at radius 3 is 2.86 bits per heavy atom. The third kappa shape index (κ3) is 4.56. The third-order valence-corrected chi connectivity index (χ3v) is 4.85. The normalized spacial score (nSPS) is 16.7. The Labute approximate surface area is 130 Å². The SMILES string of the molecule is CCOc1ccc(N)c(SC(C)C(=O)NC2CCCC2)c1. The van der Waals surface area contributed by atoms with Crippen LogP contribution in [0.5, 0.6) is 5.75 Å². The molecule has 0 radical (unpaired) electrons. The van der Waals surface area contributed by atoms with Crippen LogP contribution >= 0.6 is 11.8 Å². The Balaban J connectivity index is 1.95. The molecule has 0 aliphatic heterocycles. The number of nitrogen functional groups attached to an aromatic ring is 1. The number of nitrogens with two attached hydrogens (primary N) is 1. The van der Waals surface area contributed by atoms with Crippen LogP contribution in [0.2, 0.25) is 0 Å². The standard InChI is InChI=1S/C16H24N2O2S/c1-3-20-13-8-9-14(17)15(10-13)21-11(2)16(19)18-12-6-4-5-7-12/h8-12H,3-7,17H2,1-2H3,(H,18,19). The lowest BCUT2D eigenvalue weighted by Crippen LogP contribution is -2.37. The van der Waals surface area contributed by atoms with Gasteiger partial charge in [-0.25, -0.2) is 0 Å². The Morgan fingerprint density at radius 1 is 1.48 bits per heavy atom. The van der Waals surface area contributed by atoms with Crippen molar-refractivity contribution in [2.24, 2.45) is 0 Å². The molecule has 1 unspecified atom stereocenters. The van der Waals surface area contributed by atoms with Gasteiger partial charge in [0.2, 0.25) is 5.91 Å². The number of thioether (sulfide) groups is 1. The molecule has 0 aromatic heterocycles. The summed E-state index contributed by atoms with van der Waals surface area (Å²) in [7, 11) is 0. The molecule has 0 bridgehead atoms. The number of amides is 1. The van der Waals surface area contributed by atoms with Gasteiger partial charge in [-0.1, -0.05) is 12.8 Å². The second kappa shape index (κ2) is 7.59. The van der Waals surface area contributed by atoms with E-state index in [0.717, 1.165) is 23.5 Å². The van der Waals surface area contributed by atoms with Crippen LogP contribution in [0.25, 0.3) is 0 Å². The highest BCUT2D eigenvalue weighted by Crippen LogP contribution is 2.32. The largest absolute Gasteiger partial charge is 0.494 e. The first-order valence-electron chi connectivity index (χ1n) is 7.59. The van der Waals surface area contributed by atoms with Crippen molar-refractivity contribution in [3.8, 4) is 5.75 Å². The van der Waals surface area contributed by atoms with Crippen LogP contribution in [-0.4, -0.2) is 23.8 Å². The van der Waals surface area contributed by atoms with E-state index in [1.807, 2.05) is 32.0 Å². The van der Waals surface area contributed by atoms with E-state index in [1.54, 1.807) is 0 Å². The predicted molar refractivity (Wildman–Crippen MR) is 87.7 cm³/mol. The first-order valence-corrected chi connectivity index (χ1v) is 8.47. The van der Waals surface area contributed by atoms with E-state index in [2.05, 4.69) is 5.32 Å². The molecule has 0 saturated heterocycles. The van der Waals surface area contributed by atoms with Gasteiger partial charge in [-0.3, -0.25) is 4.79 Å². The summed E-state index contributed by atoms with van der Waals surface area (Å²) in [5, 5.41) is 2.96. The van der Waals surface area contributed by atoms with E-state index < -0.39 is 0 Å². The number of carbonyl (C=O) groups excluding carboxylic acids is 1.